The molecule has 0 aliphatic carbocycles. The minimum atomic E-state index is -3.48. The number of carbonyl (C=O) groups is 2. The number of amides is 1. The molecule has 3 fully saturated rings. The lowest BCUT2D eigenvalue weighted by Gasteiger charge is -2.38. The summed E-state index contributed by atoms with van der Waals surface area (Å²) in [5, 5.41) is 0. The Labute approximate surface area is 167 Å². The van der Waals surface area contributed by atoms with Crippen molar-refractivity contribution in [3.05, 3.63) is 0 Å². The van der Waals surface area contributed by atoms with Crippen molar-refractivity contribution in [2.45, 2.75) is 32.6 Å². The van der Waals surface area contributed by atoms with Gasteiger partial charge in [-0.3, -0.25) is 9.59 Å². The molecular weight excluding hydrogens is 386 g/mol. The first kappa shape index (κ1) is 21.5. The van der Waals surface area contributed by atoms with Crippen LogP contribution >= 0.6 is 0 Å². The van der Waals surface area contributed by atoms with Crippen LogP contribution in [0.15, 0.2) is 0 Å². The van der Waals surface area contributed by atoms with E-state index in [0.29, 0.717) is 71.9 Å². The average Bonchev–Trinajstić information content (AvgIpc) is 2.74. The van der Waals surface area contributed by atoms with Gasteiger partial charge in [0.1, 0.15) is 0 Å². The maximum Gasteiger partial charge on any atom is 0.310 e. The third-order valence-corrected chi connectivity index (χ3v) is 7.81. The fourth-order valence-corrected chi connectivity index (χ4v) is 5.77. The lowest BCUT2D eigenvalue weighted by molar-refractivity contribution is -0.152. The highest BCUT2D eigenvalue weighted by Crippen LogP contribution is 2.26. The topological polar surface area (TPSA) is 96.5 Å². The normalized spacial score (nSPS) is 26.2. The fraction of sp³-hybridized carbons (Fsp3) is 0.889. The van der Waals surface area contributed by atoms with Gasteiger partial charge < -0.3 is 14.4 Å². The van der Waals surface area contributed by atoms with Crippen LogP contribution < -0.4 is 0 Å². The number of hydrogen-bond donors (Lipinski definition) is 0. The van der Waals surface area contributed by atoms with Crippen molar-refractivity contribution in [2.75, 3.05) is 59.1 Å². The van der Waals surface area contributed by atoms with Gasteiger partial charge in [0, 0.05) is 45.2 Å². The molecule has 0 aromatic carbocycles. The summed E-state index contributed by atoms with van der Waals surface area (Å²) in [7, 11) is -3.48. The van der Waals surface area contributed by atoms with Crippen molar-refractivity contribution in [3.8, 4) is 0 Å². The van der Waals surface area contributed by atoms with Gasteiger partial charge in [-0.05, 0) is 32.6 Å². The summed E-state index contributed by atoms with van der Waals surface area (Å²) >= 11 is 0. The van der Waals surface area contributed by atoms with Crippen LogP contribution in [-0.4, -0.2) is 92.9 Å². The minimum absolute atomic E-state index is 0.0393. The Kier molecular flexibility index (Phi) is 7.30. The molecule has 1 atom stereocenters. The molecule has 3 rings (SSSR count). The molecule has 3 aliphatic heterocycles. The van der Waals surface area contributed by atoms with Crippen LogP contribution in [-0.2, 0) is 29.3 Å². The molecule has 0 radical (unpaired) electrons. The molecule has 9 nitrogen and oxygen atoms in total. The number of esters is 1. The Morgan fingerprint density at radius 1 is 0.964 bits per heavy atom. The van der Waals surface area contributed by atoms with Gasteiger partial charge in [0.05, 0.1) is 25.7 Å². The molecule has 1 amide bonds. The van der Waals surface area contributed by atoms with Crippen molar-refractivity contribution < 1.29 is 27.5 Å². The number of likely N-dealkylation sites (tertiary alicyclic amines) is 1. The van der Waals surface area contributed by atoms with E-state index in [2.05, 4.69) is 0 Å². The number of ether oxygens (including phenoxy) is 2. The van der Waals surface area contributed by atoms with Gasteiger partial charge in [-0.1, -0.05) is 0 Å². The maximum absolute atomic E-state index is 12.9. The molecule has 10 heteroatoms. The molecule has 0 aromatic heterocycles. The third-order valence-electron chi connectivity index (χ3n) is 5.78. The lowest BCUT2D eigenvalue weighted by Crippen LogP contribution is -2.52. The van der Waals surface area contributed by atoms with E-state index in [1.165, 1.54) is 8.61 Å². The summed E-state index contributed by atoms with van der Waals surface area (Å²) in [6.45, 7) is 5.49. The monoisotopic (exact) mass is 417 g/mol. The van der Waals surface area contributed by atoms with Gasteiger partial charge in [0.15, 0.2) is 0 Å². The summed E-state index contributed by atoms with van der Waals surface area (Å²) in [4.78, 5) is 26.7. The first-order valence-electron chi connectivity index (χ1n) is 10.2. The van der Waals surface area contributed by atoms with Crippen LogP contribution in [0.1, 0.15) is 32.6 Å². The number of morpholine rings is 1. The summed E-state index contributed by atoms with van der Waals surface area (Å²) in [6.07, 6.45) is 2.57. The molecule has 28 heavy (non-hydrogen) atoms. The highest BCUT2D eigenvalue weighted by atomic mass is 32.2. The van der Waals surface area contributed by atoms with Gasteiger partial charge in [-0.2, -0.15) is 17.0 Å². The molecule has 0 spiro atoms. The zero-order valence-corrected chi connectivity index (χ0v) is 17.4. The van der Waals surface area contributed by atoms with Gasteiger partial charge in [0.25, 0.3) is 10.2 Å². The Morgan fingerprint density at radius 2 is 1.61 bits per heavy atom. The maximum atomic E-state index is 12.9. The largest absolute Gasteiger partial charge is 0.466 e. The Balaban J connectivity index is 1.52. The quantitative estimate of drug-likeness (QED) is 0.588. The molecule has 0 N–H and O–H groups in total. The highest BCUT2D eigenvalue weighted by Gasteiger charge is 2.38. The van der Waals surface area contributed by atoms with Crippen molar-refractivity contribution in [2.24, 2.45) is 11.8 Å². The zero-order chi connectivity index (χ0) is 20.1. The standard InChI is InChI=1S/C18H31N3O6S/c1-2-27-18(23)16-4-3-7-19(14-16)17(22)15-5-8-20(9-6-15)28(24,25)21-10-12-26-13-11-21/h15-16H,2-14H2,1H3. The van der Waals surface area contributed by atoms with E-state index >= 15 is 0 Å². The minimum Gasteiger partial charge on any atom is -0.466 e. The fourth-order valence-electron chi connectivity index (χ4n) is 4.16. The van der Waals surface area contributed by atoms with E-state index in [1.807, 2.05) is 0 Å². The van der Waals surface area contributed by atoms with Crippen LogP contribution in [0.5, 0.6) is 0 Å². The summed E-state index contributed by atoms with van der Waals surface area (Å²) in [5.41, 5.74) is 0. The van der Waals surface area contributed by atoms with Crippen LogP contribution in [0.4, 0.5) is 0 Å². The van der Waals surface area contributed by atoms with E-state index in [1.54, 1.807) is 11.8 Å². The second-order valence-electron chi connectivity index (χ2n) is 7.57. The summed E-state index contributed by atoms with van der Waals surface area (Å²) < 4.78 is 38.8. The zero-order valence-electron chi connectivity index (χ0n) is 16.5. The van der Waals surface area contributed by atoms with Crippen LogP contribution in [0.2, 0.25) is 0 Å². The van der Waals surface area contributed by atoms with E-state index in [0.717, 1.165) is 12.8 Å². The Morgan fingerprint density at radius 3 is 2.25 bits per heavy atom. The first-order chi connectivity index (χ1) is 13.4. The SMILES string of the molecule is CCOC(=O)C1CCCN(C(=O)C2CCN(S(=O)(=O)N3CCOCC3)CC2)C1. The summed E-state index contributed by atoms with van der Waals surface area (Å²) in [5.74, 6) is -0.625. The lowest BCUT2D eigenvalue weighted by atomic mass is 9.93. The molecule has 160 valence electrons. The molecule has 3 heterocycles. The van der Waals surface area contributed by atoms with E-state index in [9.17, 15) is 18.0 Å². The van der Waals surface area contributed by atoms with Crippen LogP contribution in [0, 0.1) is 11.8 Å². The van der Waals surface area contributed by atoms with E-state index in [-0.39, 0.29) is 23.7 Å². The van der Waals surface area contributed by atoms with Gasteiger partial charge in [0.2, 0.25) is 5.91 Å². The molecule has 0 saturated carbocycles. The Hall–Kier alpha value is -1.23. The smallest absolute Gasteiger partial charge is 0.310 e. The van der Waals surface area contributed by atoms with Crippen LogP contribution in [0.3, 0.4) is 0 Å². The van der Waals surface area contributed by atoms with Gasteiger partial charge >= 0.3 is 5.97 Å². The van der Waals surface area contributed by atoms with Crippen molar-refractivity contribution in [1.82, 2.24) is 13.5 Å². The first-order valence-corrected chi connectivity index (χ1v) is 11.6. The predicted octanol–water partition coefficient (Wildman–Crippen LogP) is 0.0771. The predicted molar refractivity (Wildman–Crippen MR) is 102 cm³/mol. The molecular formula is C18H31N3O6S. The number of carbonyl (C=O) groups excluding carboxylic acids is 2. The third kappa shape index (κ3) is 4.84. The molecule has 3 aliphatic rings. The molecule has 3 saturated heterocycles. The average molecular weight is 418 g/mol. The number of piperidine rings is 2. The second kappa shape index (κ2) is 9.51. The van der Waals surface area contributed by atoms with Crippen molar-refractivity contribution in [3.63, 3.8) is 0 Å². The number of nitrogens with zero attached hydrogens (tertiary/aromatic N) is 3. The highest BCUT2D eigenvalue weighted by molar-refractivity contribution is 7.86. The van der Waals surface area contributed by atoms with E-state index in [4.69, 9.17) is 9.47 Å². The van der Waals surface area contributed by atoms with E-state index < -0.39 is 10.2 Å². The van der Waals surface area contributed by atoms with Crippen molar-refractivity contribution >= 4 is 22.1 Å². The molecule has 0 aromatic rings. The second-order valence-corrected chi connectivity index (χ2v) is 9.50. The number of rotatable bonds is 5. The van der Waals surface area contributed by atoms with Crippen LogP contribution in [0.25, 0.3) is 0 Å². The van der Waals surface area contributed by atoms with Gasteiger partial charge in [-0.25, -0.2) is 0 Å². The molecule has 1 unspecified atom stereocenters. The Bertz CT molecular complexity index is 656. The summed E-state index contributed by atoms with van der Waals surface area (Å²) in [6, 6.07) is 0. The molecule has 0 bridgehead atoms. The number of hydrogen-bond acceptors (Lipinski definition) is 6. The van der Waals surface area contributed by atoms with Crippen molar-refractivity contribution in [1.29, 1.82) is 0 Å². The van der Waals surface area contributed by atoms with Gasteiger partial charge in [-0.15, -0.1) is 0 Å².